The molecular weight excluding hydrogens is 385 g/mol. The number of carbonyl (C=O) groups is 1. The first-order valence-corrected chi connectivity index (χ1v) is 9.01. The number of hydrogen-bond acceptors (Lipinski definition) is 3. The van der Waals surface area contributed by atoms with Crippen molar-refractivity contribution in [1.82, 2.24) is 9.55 Å². The van der Waals surface area contributed by atoms with Crippen molar-refractivity contribution in [2.75, 3.05) is 5.32 Å². The lowest BCUT2D eigenvalue weighted by Crippen LogP contribution is -2.31. The third-order valence-corrected chi connectivity index (χ3v) is 4.74. The van der Waals surface area contributed by atoms with Gasteiger partial charge in [-0.25, -0.2) is 4.98 Å². The lowest BCUT2D eigenvalue weighted by molar-refractivity contribution is -0.116. The van der Waals surface area contributed by atoms with E-state index in [1.54, 1.807) is 62.4 Å². The van der Waals surface area contributed by atoms with Gasteiger partial charge < -0.3 is 5.32 Å². The minimum absolute atomic E-state index is 0.194. The van der Waals surface area contributed by atoms with Gasteiger partial charge in [-0.05, 0) is 38.1 Å². The number of amides is 1. The maximum absolute atomic E-state index is 12.8. The summed E-state index contributed by atoms with van der Waals surface area (Å²) in [7, 11) is 0. The van der Waals surface area contributed by atoms with E-state index in [9.17, 15) is 9.59 Å². The lowest BCUT2D eigenvalue weighted by atomic mass is 10.1. The monoisotopic (exact) mass is 401 g/mol. The van der Waals surface area contributed by atoms with E-state index < -0.39 is 0 Å². The molecule has 1 amide bonds. The molecule has 0 radical (unpaired) electrons. The van der Waals surface area contributed by atoms with Gasteiger partial charge in [0.1, 0.15) is 12.4 Å². The molecule has 0 atom stereocenters. The van der Waals surface area contributed by atoms with Crippen LogP contribution in [0.4, 0.5) is 5.69 Å². The molecule has 0 saturated carbocycles. The molecule has 0 bridgehead atoms. The molecule has 0 aliphatic heterocycles. The van der Waals surface area contributed by atoms with E-state index in [1.165, 1.54) is 4.57 Å². The van der Waals surface area contributed by atoms with E-state index in [-0.39, 0.29) is 18.0 Å². The number of nitrogens with one attached hydrogen (secondary N) is 1. The molecular formula is C20H17Cl2N3O2. The van der Waals surface area contributed by atoms with Gasteiger partial charge in [-0.1, -0.05) is 47.5 Å². The number of para-hydroxylation sites is 1. The third-order valence-electron chi connectivity index (χ3n) is 4.17. The predicted molar refractivity (Wildman–Crippen MR) is 108 cm³/mol. The SMILES string of the molecule is Cc1nc(-c2cccc(Cl)c2)n(CC(=O)Nc2ccccc2Cl)c(=O)c1C. The number of aromatic nitrogens is 2. The van der Waals surface area contributed by atoms with Crippen molar-refractivity contribution in [1.29, 1.82) is 0 Å². The molecule has 0 aliphatic rings. The Bertz CT molecular complexity index is 1080. The number of benzene rings is 2. The Hall–Kier alpha value is -2.63. The Morgan fingerprint density at radius 1 is 1.11 bits per heavy atom. The van der Waals surface area contributed by atoms with Gasteiger partial charge >= 0.3 is 0 Å². The van der Waals surface area contributed by atoms with Gasteiger partial charge in [0.2, 0.25) is 5.91 Å². The molecule has 0 spiro atoms. The van der Waals surface area contributed by atoms with E-state index in [1.807, 2.05) is 0 Å². The van der Waals surface area contributed by atoms with Gasteiger partial charge in [0.15, 0.2) is 0 Å². The van der Waals surface area contributed by atoms with Crippen LogP contribution in [0.1, 0.15) is 11.3 Å². The van der Waals surface area contributed by atoms with Crippen molar-refractivity contribution >= 4 is 34.8 Å². The zero-order valence-electron chi connectivity index (χ0n) is 14.8. The second kappa shape index (κ2) is 7.94. The molecule has 5 nitrogen and oxygen atoms in total. The quantitative estimate of drug-likeness (QED) is 0.700. The highest BCUT2D eigenvalue weighted by molar-refractivity contribution is 6.33. The highest BCUT2D eigenvalue weighted by Gasteiger charge is 2.16. The second-order valence-corrected chi connectivity index (χ2v) is 6.92. The molecule has 0 unspecified atom stereocenters. The average Bonchev–Trinajstić information content (AvgIpc) is 2.64. The fourth-order valence-corrected chi connectivity index (χ4v) is 3.02. The fraction of sp³-hybridized carbons (Fsp3) is 0.150. The molecule has 7 heteroatoms. The Labute approximate surface area is 166 Å². The summed E-state index contributed by atoms with van der Waals surface area (Å²) < 4.78 is 1.35. The summed E-state index contributed by atoms with van der Waals surface area (Å²) in [5.74, 6) is 0.0124. The van der Waals surface area contributed by atoms with Gasteiger partial charge in [-0.2, -0.15) is 0 Å². The molecule has 0 fully saturated rings. The minimum Gasteiger partial charge on any atom is -0.323 e. The third kappa shape index (κ3) is 4.21. The van der Waals surface area contributed by atoms with Gasteiger partial charge in [-0.15, -0.1) is 0 Å². The van der Waals surface area contributed by atoms with Crippen LogP contribution in [0.2, 0.25) is 10.0 Å². The van der Waals surface area contributed by atoms with Crippen molar-refractivity contribution in [3.8, 4) is 11.4 Å². The van der Waals surface area contributed by atoms with E-state index in [0.717, 1.165) is 0 Å². The number of hydrogen-bond donors (Lipinski definition) is 1. The maximum Gasteiger partial charge on any atom is 0.257 e. The van der Waals surface area contributed by atoms with Gasteiger partial charge in [0, 0.05) is 21.8 Å². The van der Waals surface area contributed by atoms with E-state index >= 15 is 0 Å². The van der Waals surface area contributed by atoms with Crippen LogP contribution >= 0.6 is 23.2 Å². The number of halogens is 2. The zero-order chi connectivity index (χ0) is 19.6. The number of rotatable bonds is 4. The normalized spacial score (nSPS) is 10.7. The lowest BCUT2D eigenvalue weighted by Gasteiger charge is -2.15. The molecule has 0 saturated heterocycles. The highest BCUT2D eigenvalue weighted by Crippen LogP contribution is 2.22. The number of anilines is 1. The average molecular weight is 402 g/mol. The van der Waals surface area contributed by atoms with Crippen LogP contribution in [-0.2, 0) is 11.3 Å². The van der Waals surface area contributed by atoms with Crippen LogP contribution in [0, 0.1) is 13.8 Å². The van der Waals surface area contributed by atoms with Crippen molar-refractivity contribution < 1.29 is 4.79 Å². The van der Waals surface area contributed by atoms with Crippen molar-refractivity contribution in [3.05, 3.63) is 80.2 Å². The number of nitrogens with zero attached hydrogens (tertiary/aromatic N) is 2. The van der Waals surface area contributed by atoms with Crippen molar-refractivity contribution in [3.63, 3.8) is 0 Å². The van der Waals surface area contributed by atoms with Gasteiger partial charge in [0.05, 0.1) is 10.7 Å². The zero-order valence-corrected chi connectivity index (χ0v) is 16.3. The van der Waals surface area contributed by atoms with Gasteiger partial charge in [0.25, 0.3) is 5.56 Å². The Morgan fingerprint density at radius 2 is 1.85 bits per heavy atom. The van der Waals surface area contributed by atoms with Crippen LogP contribution < -0.4 is 10.9 Å². The van der Waals surface area contributed by atoms with Crippen LogP contribution in [-0.4, -0.2) is 15.5 Å². The molecule has 1 heterocycles. The first kappa shape index (κ1) is 19.1. The van der Waals surface area contributed by atoms with Crippen LogP contribution in [0.15, 0.2) is 53.3 Å². The van der Waals surface area contributed by atoms with Crippen LogP contribution in [0.3, 0.4) is 0 Å². The van der Waals surface area contributed by atoms with Crippen molar-refractivity contribution in [2.45, 2.75) is 20.4 Å². The summed E-state index contributed by atoms with van der Waals surface area (Å²) in [6.45, 7) is 3.26. The molecule has 1 N–H and O–H groups in total. The van der Waals surface area contributed by atoms with Crippen LogP contribution in [0.5, 0.6) is 0 Å². The van der Waals surface area contributed by atoms with Crippen molar-refractivity contribution in [2.24, 2.45) is 0 Å². The largest absolute Gasteiger partial charge is 0.323 e. The second-order valence-electron chi connectivity index (χ2n) is 6.08. The first-order chi connectivity index (χ1) is 12.9. The molecule has 27 heavy (non-hydrogen) atoms. The Kier molecular flexibility index (Phi) is 5.63. The summed E-state index contributed by atoms with van der Waals surface area (Å²) in [5.41, 5.74) is 1.97. The predicted octanol–water partition coefficient (Wildman–Crippen LogP) is 4.47. The molecule has 1 aromatic heterocycles. The van der Waals surface area contributed by atoms with E-state index in [2.05, 4.69) is 10.3 Å². The summed E-state index contributed by atoms with van der Waals surface area (Å²) >= 11 is 12.2. The molecule has 3 aromatic rings. The summed E-state index contributed by atoms with van der Waals surface area (Å²) in [6, 6.07) is 13.9. The topological polar surface area (TPSA) is 64.0 Å². The Balaban J connectivity index is 2.01. The molecule has 138 valence electrons. The number of aryl methyl sites for hydroxylation is 1. The Morgan fingerprint density at radius 3 is 2.56 bits per heavy atom. The van der Waals surface area contributed by atoms with E-state index in [4.69, 9.17) is 23.2 Å². The summed E-state index contributed by atoms with van der Waals surface area (Å²) in [4.78, 5) is 29.9. The minimum atomic E-state index is -0.376. The van der Waals surface area contributed by atoms with E-state index in [0.29, 0.717) is 38.4 Å². The molecule has 3 rings (SSSR count). The molecule has 2 aromatic carbocycles. The number of carbonyl (C=O) groups excluding carboxylic acids is 1. The fourth-order valence-electron chi connectivity index (χ4n) is 2.65. The molecule has 0 aliphatic carbocycles. The van der Waals surface area contributed by atoms with Crippen LogP contribution in [0.25, 0.3) is 11.4 Å². The standard InChI is InChI=1S/C20H17Cl2N3O2/c1-12-13(2)23-19(14-6-5-7-15(21)10-14)25(20(12)27)11-18(26)24-17-9-4-3-8-16(17)22/h3-10H,11H2,1-2H3,(H,24,26). The van der Waals surface area contributed by atoms with Gasteiger partial charge in [-0.3, -0.25) is 14.2 Å². The maximum atomic E-state index is 12.8. The smallest absolute Gasteiger partial charge is 0.257 e. The summed E-state index contributed by atoms with van der Waals surface area (Å²) in [5, 5.41) is 3.67. The highest BCUT2D eigenvalue weighted by atomic mass is 35.5. The summed E-state index contributed by atoms with van der Waals surface area (Å²) in [6.07, 6.45) is 0. The first-order valence-electron chi connectivity index (χ1n) is 8.25.